The Kier molecular flexibility index (Phi) is 4.15. The molecule has 2 nitrogen and oxygen atoms in total. The summed E-state index contributed by atoms with van der Waals surface area (Å²) in [7, 11) is 2.00. The molecule has 0 bridgehead atoms. The van der Waals surface area contributed by atoms with E-state index < -0.39 is 0 Å². The molecule has 0 saturated carbocycles. The van der Waals surface area contributed by atoms with Gasteiger partial charge in [-0.25, -0.2) is 4.99 Å². The van der Waals surface area contributed by atoms with Crippen LogP contribution in [0.3, 0.4) is 0 Å². The van der Waals surface area contributed by atoms with Crippen molar-refractivity contribution < 1.29 is 0 Å². The Morgan fingerprint density at radius 1 is 1.00 bits per heavy atom. The van der Waals surface area contributed by atoms with Gasteiger partial charge in [-0.1, -0.05) is 41.4 Å². The molecule has 106 valence electrons. The highest BCUT2D eigenvalue weighted by Crippen LogP contribution is 2.22. The van der Waals surface area contributed by atoms with Crippen molar-refractivity contribution >= 4 is 40.2 Å². The van der Waals surface area contributed by atoms with E-state index in [1.165, 1.54) is 0 Å². The number of aromatic nitrogens is 1. The Morgan fingerprint density at radius 2 is 1.76 bits per heavy atom. The van der Waals surface area contributed by atoms with Crippen LogP contribution >= 0.6 is 34.5 Å². The van der Waals surface area contributed by atoms with Gasteiger partial charge in [0, 0.05) is 22.5 Å². The summed E-state index contributed by atoms with van der Waals surface area (Å²) in [6.45, 7) is 0. The van der Waals surface area contributed by atoms with Gasteiger partial charge < -0.3 is 4.57 Å². The van der Waals surface area contributed by atoms with Crippen LogP contribution in [0, 0.1) is 0 Å². The van der Waals surface area contributed by atoms with Crippen molar-refractivity contribution in [2.75, 3.05) is 0 Å². The summed E-state index contributed by atoms with van der Waals surface area (Å²) in [5.41, 5.74) is 3.07. The van der Waals surface area contributed by atoms with Crippen molar-refractivity contribution in [3.8, 4) is 11.3 Å². The monoisotopic (exact) mass is 334 g/mol. The van der Waals surface area contributed by atoms with Crippen molar-refractivity contribution in [2.45, 2.75) is 0 Å². The summed E-state index contributed by atoms with van der Waals surface area (Å²) in [6, 6.07) is 15.3. The Labute approximate surface area is 136 Å². The molecule has 0 spiro atoms. The summed E-state index contributed by atoms with van der Waals surface area (Å²) < 4.78 is 2.06. The number of rotatable bonds is 2. The summed E-state index contributed by atoms with van der Waals surface area (Å²) in [6.07, 6.45) is 0. The largest absolute Gasteiger partial charge is 0.320 e. The Balaban J connectivity index is 2.05. The van der Waals surface area contributed by atoms with Crippen molar-refractivity contribution in [2.24, 2.45) is 12.0 Å². The van der Waals surface area contributed by atoms with E-state index in [1.54, 1.807) is 11.3 Å². The fraction of sp³-hybridized carbons (Fsp3) is 0.0625. The fourth-order valence-electron chi connectivity index (χ4n) is 2.01. The van der Waals surface area contributed by atoms with Crippen LogP contribution in [0.5, 0.6) is 0 Å². The third-order valence-corrected chi connectivity index (χ3v) is 4.50. The highest BCUT2D eigenvalue weighted by atomic mass is 35.5. The normalized spacial score (nSPS) is 11.9. The number of hydrogen-bond acceptors (Lipinski definition) is 2. The zero-order valence-electron chi connectivity index (χ0n) is 11.3. The first-order chi connectivity index (χ1) is 10.1. The summed E-state index contributed by atoms with van der Waals surface area (Å²) in [5.74, 6) is 0. The molecule has 5 heteroatoms. The molecular formula is C16H12Cl2N2S. The lowest BCUT2D eigenvalue weighted by Gasteiger charge is -2.03. The predicted octanol–water partition coefficient (Wildman–Crippen LogP) is 5.29. The minimum Gasteiger partial charge on any atom is -0.320 e. The maximum atomic E-state index is 5.99. The second-order valence-corrected chi connectivity index (χ2v) is 6.27. The van der Waals surface area contributed by atoms with E-state index in [0.717, 1.165) is 26.8 Å². The molecule has 0 radical (unpaired) electrons. The van der Waals surface area contributed by atoms with Gasteiger partial charge in [-0.15, -0.1) is 11.3 Å². The quantitative estimate of drug-likeness (QED) is 0.605. The van der Waals surface area contributed by atoms with Crippen LogP contribution in [0.1, 0.15) is 0 Å². The van der Waals surface area contributed by atoms with E-state index in [-0.39, 0.29) is 0 Å². The molecule has 0 fully saturated rings. The minimum absolute atomic E-state index is 0.688. The fourth-order valence-corrected chi connectivity index (χ4v) is 3.25. The molecule has 0 saturated heterocycles. The van der Waals surface area contributed by atoms with Gasteiger partial charge in [-0.3, -0.25) is 0 Å². The molecule has 0 amide bonds. The number of benzene rings is 2. The van der Waals surface area contributed by atoms with Gasteiger partial charge in [0.05, 0.1) is 11.4 Å². The molecule has 0 N–H and O–H groups in total. The van der Waals surface area contributed by atoms with Crippen LogP contribution in [0.15, 0.2) is 58.9 Å². The lowest BCUT2D eigenvalue weighted by atomic mass is 10.2. The molecule has 0 aliphatic heterocycles. The van der Waals surface area contributed by atoms with Crippen LogP contribution in [0.2, 0.25) is 10.0 Å². The second-order valence-electron chi connectivity index (χ2n) is 4.56. The molecule has 1 heterocycles. The van der Waals surface area contributed by atoms with E-state index in [4.69, 9.17) is 23.2 Å². The van der Waals surface area contributed by atoms with E-state index in [9.17, 15) is 0 Å². The topological polar surface area (TPSA) is 17.3 Å². The lowest BCUT2D eigenvalue weighted by molar-refractivity contribution is 0.883. The van der Waals surface area contributed by atoms with E-state index >= 15 is 0 Å². The third-order valence-electron chi connectivity index (χ3n) is 3.10. The standard InChI is InChI=1S/C16H12Cl2N2S/c1-20-15(11-5-7-12(17)8-6-11)10-21-16(20)19-14-4-2-3-13(18)9-14/h2-10H,1H3. The first kappa shape index (κ1) is 14.4. The zero-order valence-corrected chi connectivity index (χ0v) is 13.6. The van der Waals surface area contributed by atoms with Gasteiger partial charge in [0.2, 0.25) is 0 Å². The van der Waals surface area contributed by atoms with Crippen LogP contribution in [-0.2, 0) is 7.05 Å². The van der Waals surface area contributed by atoms with E-state index in [1.807, 2.05) is 55.6 Å². The molecule has 0 atom stereocenters. The van der Waals surface area contributed by atoms with Gasteiger partial charge in [-0.05, 0) is 35.9 Å². The molecular weight excluding hydrogens is 323 g/mol. The first-order valence-corrected chi connectivity index (χ1v) is 7.98. The highest BCUT2D eigenvalue weighted by Gasteiger charge is 2.04. The average molecular weight is 335 g/mol. The molecule has 21 heavy (non-hydrogen) atoms. The Morgan fingerprint density at radius 3 is 2.48 bits per heavy atom. The summed E-state index contributed by atoms with van der Waals surface area (Å²) in [5, 5.41) is 3.51. The minimum atomic E-state index is 0.688. The molecule has 3 aromatic rings. The molecule has 1 aromatic heterocycles. The smallest absolute Gasteiger partial charge is 0.190 e. The number of thiazole rings is 1. The number of hydrogen-bond donors (Lipinski definition) is 0. The second kappa shape index (κ2) is 6.06. The van der Waals surface area contributed by atoms with Crippen molar-refractivity contribution in [1.82, 2.24) is 4.57 Å². The third kappa shape index (κ3) is 3.21. The molecule has 0 unspecified atom stereocenters. The number of nitrogens with zero attached hydrogens (tertiary/aromatic N) is 2. The highest BCUT2D eigenvalue weighted by molar-refractivity contribution is 7.07. The Bertz CT molecular complexity index is 832. The summed E-state index contributed by atoms with van der Waals surface area (Å²) in [4.78, 5) is 5.55. The van der Waals surface area contributed by atoms with Gasteiger partial charge in [0.15, 0.2) is 4.80 Å². The molecule has 2 aromatic carbocycles. The van der Waals surface area contributed by atoms with Crippen molar-refractivity contribution in [3.63, 3.8) is 0 Å². The Hall–Kier alpha value is -1.55. The average Bonchev–Trinajstić information content (AvgIpc) is 2.81. The van der Waals surface area contributed by atoms with Crippen LogP contribution < -0.4 is 4.80 Å². The predicted molar refractivity (Wildman–Crippen MR) is 90.4 cm³/mol. The SMILES string of the molecule is Cn1c(-c2ccc(Cl)cc2)csc1=Nc1cccc(Cl)c1. The summed E-state index contributed by atoms with van der Waals surface area (Å²) >= 11 is 13.5. The van der Waals surface area contributed by atoms with Crippen LogP contribution in [-0.4, -0.2) is 4.57 Å². The lowest BCUT2D eigenvalue weighted by Crippen LogP contribution is -2.10. The van der Waals surface area contributed by atoms with E-state index in [2.05, 4.69) is 14.9 Å². The molecule has 0 aliphatic rings. The van der Waals surface area contributed by atoms with Gasteiger partial charge in [-0.2, -0.15) is 0 Å². The zero-order chi connectivity index (χ0) is 14.8. The van der Waals surface area contributed by atoms with E-state index in [0.29, 0.717) is 5.02 Å². The van der Waals surface area contributed by atoms with Gasteiger partial charge >= 0.3 is 0 Å². The van der Waals surface area contributed by atoms with Crippen LogP contribution in [0.4, 0.5) is 5.69 Å². The van der Waals surface area contributed by atoms with Gasteiger partial charge in [0.1, 0.15) is 0 Å². The van der Waals surface area contributed by atoms with Crippen LogP contribution in [0.25, 0.3) is 11.3 Å². The first-order valence-electron chi connectivity index (χ1n) is 6.34. The maximum absolute atomic E-state index is 5.99. The van der Waals surface area contributed by atoms with Gasteiger partial charge in [0.25, 0.3) is 0 Å². The van der Waals surface area contributed by atoms with Crippen molar-refractivity contribution in [3.05, 3.63) is 68.8 Å². The number of halogens is 2. The van der Waals surface area contributed by atoms with Crippen molar-refractivity contribution in [1.29, 1.82) is 0 Å². The molecule has 3 rings (SSSR count). The molecule has 0 aliphatic carbocycles. The maximum Gasteiger partial charge on any atom is 0.190 e.